The Labute approximate surface area is 127 Å². The first-order chi connectivity index (χ1) is 8.36. The van der Waals surface area contributed by atoms with Crippen LogP contribution in [-0.2, 0) is 6.42 Å². The highest BCUT2D eigenvalue weighted by Gasteiger charge is 1.98. The molecule has 0 aliphatic rings. The summed E-state index contributed by atoms with van der Waals surface area (Å²) in [5, 5.41) is 6.60. The van der Waals surface area contributed by atoms with E-state index in [-0.39, 0.29) is 24.0 Å². The number of nitrogens with zero attached hydrogens (tertiary/aromatic N) is 1. The molecule has 0 unspecified atom stereocenters. The van der Waals surface area contributed by atoms with Gasteiger partial charge in [-0.3, -0.25) is 4.99 Å². The second-order valence-electron chi connectivity index (χ2n) is 3.91. The van der Waals surface area contributed by atoms with Gasteiger partial charge in [-0.2, -0.15) is 0 Å². The second kappa shape index (κ2) is 11.4. The first-order valence-electron chi connectivity index (χ1n) is 6.41. The van der Waals surface area contributed by atoms with Crippen LogP contribution in [0.15, 0.2) is 27.8 Å². The summed E-state index contributed by atoms with van der Waals surface area (Å²) in [6.07, 6.45) is 4.75. The average Bonchev–Trinajstić information content (AvgIpc) is 2.85. The van der Waals surface area contributed by atoms with Crippen LogP contribution in [0, 0.1) is 0 Å². The lowest BCUT2D eigenvalue weighted by Gasteiger charge is -2.11. The Balaban J connectivity index is 0.00000289. The number of halogens is 1. The third kappa shape index (κ3) is 7.58. The second-order valence-corrected chi connectivity index (χ2v) is 3.91. The van der Waals surface area contributed by atoms with Gasteiger partial charge in [0.1, 0.15) is 5.76 Å². The van der Waals surface area contributed by atoms with Crippen molar-refractivity contribution < 1.29 is 4.42 Å². The summed E-state index contributed by atoms with van der Waals surface area (Å²) in [5.41, 5.74) is 0. The summed E-state index contributed by atoms with van der Waals surface area (Å²) in [4.78, 5) is 4.46. The van der Waals surface area contributed by atoms with Crippen molar-refractivity contribution in [2.24, 2.45) is 4.99 Å². The molecule has 0 amide bonds. The SMILES string of the molecule is CCCN=C(NCCC)NCCc1ccco1.I. The molecule has 1 heterocycles. The van der Waals surface area contributed by atoms with Crippen LogP contribution in [0.4, 0.5) is 0 Å². The highest BCUT2D eigenvalue weighted by Crippen LogP contribution is 1.99. The molecule has 18 heavy (non-hydrogen) atoms. The zero-order valence-electron chi connectivity index (χ0n) is 11.2. The fourth-order valence-electron chi connectivity index (χ4n) is 1.40. The largest absolute Gasteiger partial charge is 0.469 e. The third-order valence-electron chi connectivity index (χ3n) is 2.28. The van der Waals surface area contributed by atoms with Gasteiger partial charge in [-0.25, -0.2) is 0 Å². The van der Waals surface area contributed by atoms with Gasteiger partial charge in [0.15, 0.2) is 5.96 Å². The van der Waals surface area contributed by atoms with Crippen molar-refractivity contribution in [3.63, 3.8) is 0 Å². The van der Waals surface area contributed by atoms with Crippen LogP contribution >= 0.6 is 24.0 Å². The van der Waals surface area contributed by atoms with Gasteiger partial charge in [0.05, 0.1) is 6.26 Å². The topological polar surface area (TPSA) is 49.6 Å². The van der Waals surface area contributed by atoms with Gasteiger partial charge in [-0.05, 0) is 25.0 Å². The predicted molar refractivity (Wildman–Crippen MR) is 86.7 cm³/mol. The quantitative estimate of drug-likeness (QED) is 0.444. The van der Waals surface area contributed by atoms with Gasteiger partial charge in [-0.15, -0.1) is 24.0 Å². The zero-order valence-corrected chi connectivity index (χ0v) is 13.6. The lowest BCUT2D eigenvalue weighted by atomic mass is 10.3. The van der Waals surface area contributed by atoms with Crippen molar-refractivity contribution in [2.75, 3.05) is 19.6 Å². The summed E-state index contributed by atoms with van der Waals surface area (Å²) in [6.45, 7) is 6.93. The molecular formula is C13H24IN3O. The summed E-state index contributed by atoms with van der Waals surface area (Å²) in [6, 6.07) is 3.90. The molecule has 0 aliphatic carbocycles. The van der Waals surface area contributed by atoms with Crippen molar-refractivity contribution >= 4 is 29.9 Å². The Morgan fingerprint density at radius 1 is 1.22 bits per heavy atom. The molecule has 0 saturated heterocycles. The number of aliphatic imine (C=N–C) groups is 1. The maximum Gasteiger partial charge on any atom is 0.191 e. The van der Waals surface area contributed by atoms with Crippen molar-refractivity contribution in [1.82, 2.24) is 10.6 Å². The van der Waals surface area contributed by atoms with Crippen LogP contribution in [0.3, 0.4) is 0 Å². The molecule has 0 radical (unpaired) electrons. The number of furan rings is 1. The van der Waals surface area contributed by atoms with E-state index in [1.807, 2.05) is 12.1 Å². The van der Waals surface area contributed by atoms with Crippen LogP contribution in [0.5, 0.6) is 0 Å². The summed E-state index contributed by atoms with van der Waals surface area (Å²) >= 11 is 0. The smallest absolute Gasteiger partial charge is 0.191 e. The molecule has 1 aromatic heterocycles. The van der Waals surface area contributed by atoms with E-state index in [2.05, 4.69) is 29.5 Å². The molecular weight excluding hydrogens is 341 g/mol. The highest BCUT2D eigenvalue weighted by molar-refractivity contribution is 14.0. The third-order valence-corrected chi connectivity index (χ3v) is 2.28. The normalized spacial score (nSPS) is 10.9. The number of guanidine groups is 1. The molecule has 0 bridgehead atoms. The van der Waals surface area contributed by atoms with Crippen molar-refractivity contribution in [2.45, 2.75) is 33.1 Å². The van der Waals surface area contributed by atoms with Gasteiger partial charge in [-0.1, -0.05) is 13.8 Å². The summed E-state index contributed by atoms with van der Waals surface area (Å²) in [5.74, 6) is 1.91. The van der Waals surface area contributed by atoms with Gasteiger partial charge in [0, 0.05) is 26.1 Å². The Hall–Kier alpha value is -0.720. The Bertz CT molecular complexity index is 312. The summed E-state index contributed by atoms with van der Waals surface area (Å²) in [7, 11) is 0. The first-order valence-corrected chi connectivity index (χ1v) is 6.41. The van der Waals surface area contributed by atoms with Crippen molar-refractivity contribution in [3.05, 3.63) is 24.2 Å². The molecule has 5 heteroatoms. The molecule has 1 rings (SSSR count). The summed E-state index contributed by atoms with van der Waals surface area (Å²) < 4.78 is 5.28. The van der Waals surface area contributed by atoms with Gasteiger partial charge in [0.25, 0.3) is 0 Å². The fourth-order valence-corrected chi connectivity index (χ4v) is 1.40. The lowest BCUT2D eigenvalue weighted by Crippen LogP contribution is -2.38. The van der Waals surface area contributed by atoms with E-state index in [1.165, 1.54) is 0 Å². The average molecular weight is 365 g/mol. The van der Waals surface area contributed by atoms with Crippen LogP contribution in [0.1, 0.15) is 32.4 Å². The van der Waals surface area contributed by atoms with E-state index in [1.54, 1.807) is 6.26 Å². The first kappa shape index (κ1) is 17.3. The zero-order chi connectivity index (χ0) is 12.3. The molecule has 2 N–H and O–H groups in total. The number of nitrogens with one attached hydrogen (secondary N) is 2. The predicted octanol–water partition coefficient (Wildman–Crippen LogP) is 2.80. The number of rotatable bonds is 7. The van der Waals surface area contributed by atoms with E-state index in [0.29, 0.717) is 0 Å². The van der Waals surface area contributed by atoms with E-state index < -0.39 is 0 Å². The minimum atomic E-state index is 0. The molecule has 0 fully saturated rings. The van der Waals surface area contributed by atoms with Crippen LogP contribution in [0.2, 0.25) is 0 Å². The maximum atomic E-state index is 5.28. The lowest BCUT2D eigenvalue weighted by molar-refractivity contribution is 0.506. The monoisotopic (exact) mass is 365 g/mol. The molecule has 0 spiro atoms. The van der Waals surface area contributed by atoms with Gasteiger partial charge < -0.3 is 15.1 Å². The molecule has 0 saturated carbocycles. The van der Waals surface area contributed by atoms with E-state index >= 15 is 0 Å². The fraction of sp³-hybridized carbons (Fsp3) is 0.615. The Kier molecular flexibility index (Phi) is 10.9. The maximum absolute atomic E-state index is 5.28. The van der Waals surface area contributed by atoms with Crippen LogP contribution < -0.4 is 10.6 Å². The van der Waals surface area contributed by atoms with E-state index in [4.69, 9.17) is 4.42 Å². The highest BCUT2D eigenvalue weighted by atomic mass is 127. The number of hydrogen-bond donors (Lipinski definition) is 2. The van der Waals surface area contributed by atoms with Gasteiger partial charge >= 0.3 is 0 Å². The van der Waals surface area contributed by atoms with Crippen molar-refractivity contribution in [1.29, 1.82) is 0 Å². The Morgan fingerprint density at radius 2 is 2.00 bits per heavy atom. The Morgan fingerprint density at radius 3 is 2.61 bits per heavy atom. The molecule has 0 atom stereocenters. The molecule has 1 aromatic rings. The molecule has 104 valence electrons. The standard InChI is InChI=1S/C13H23N3O.HI/c1-3-8-14-13(15-9-4-2)16-10-7-12-6-5-11-17-12;/h5-6,11H,3-4,7-10H2,1-2H3,(H2,14,15,16);1H. The van der Waals surface area contributed by atoms with Crippen molar-refractivity contribution in [3.8, 4) is 0 Å². The minimum absolute atomic E-state index is 0. The molecule has 4 nitrogen and oxygen atoms in total. The minimum Gasteiger partial charge on any atom is -0.469 e. The molecule has 0 aromatic carbocycles. The van der Waals surface area contributed by atoms with Crippen LogP contribution in [-0.4, -0.2) is 25.6 Å². The number of hydrogen-bond acceptors (Lipinski definition) is 2. The van der Waals surface area contributed by atoms with E-state index in [0.717, 1.165) is 50.6 Å². The van der Waals surface area contributed by atoms with E-state index in [9.17, 15) is 0 Å². The molecule has 0 aliphatic heterocycles. The van der Waals surface area contributed by atoms with Gasteiger partial charge in [0.2, 0.25) is 0 Å². The van der Waals surface area contributed by atoms with Crippen LogP contribution in [0.25, 0.3) is 0 Å².